The second-order valence-electron chi connectivity index (χ2n) is 6.15. The van der Waals surface area contributed by atoms with E-state index < -0.39 is 0 Å². The molecule has 0 aromatic heterocycles. The summed E-state index contributed by atoms with van der Waals surface area (Å²) >= 11 is 3.47. The summed E-state index contributed by atoms with van der Waals surface area (Å²) in [6.07, 6.45) is 6.50. The Morgan fingerprint density at radius 1 is 1.40 bits per heavy atom. The number of hydrogen-bond acceptors (Lipinski definition) is 1. The minimum Gasteiger partial charge on any atom is -0.352 e. The van der Waals surface area contributed by atoms with Gasteiger partial charge in [0.1, 0.15) is 0 Å². The molecule has 0 heterocycles. The quantitative estimate of drug-likeness (QED) is 0.847. The lowest BCUT2D eigenvalue weighted by molar-refractivity contribution is 0.0949. The van der Waals surface area contributed by atoms with E-state index in [2.05, 4.69) is 28.2 Å². The Bertz CT molecular complexity index is 472. The van der Waals surface area contributed by atoms with E-state index in [1.54, 1.807) is 0 Å². The first-order valence-electron chi connectivity index (χ1n) is 7.60. The number of amides is 1. The Morgan fingerprint density at radius 2 is 2.20 bits per heavy atom. The van der Waals surface area contributed by atoms with Crippen LogP contribution in [0.4, 0.5) is 0 Å². The van der Waals surface area contributed by atoms with Crippen molar-refractivity contribution in [1.82, 2.24) is 5.32 Å². The lowest BCUT2D eigenvalue weighted by Crippen LogP contribution is -2.27. The molecule has 110 valence electrons. The van der Waals surface area contributed by atoms with Gasteiger partial charge in [-0.05, 0) is 49.3 Å². The Labute approximate surface area is 130 Å². The molecule has 1 aromatic rings. The molecule has 1 N–H and O–H groups in total. The largest absolute Gasteiger partial charge is 0.352 e. The standard InChI is InChI=1S/C17H24BrNO/c1-12-4-3-5-14(10-12)8-9-19-17(20)15-7-6-13(2)16(18)11-15/h6-7,11-12,14H,3-5,8-10H2,1-2H3,(H,19,20). The topological polar surface area (TPSA) is 29.1 Å². The second kappa shape index (κ2) is 7.26. The molecule has 20 heavy (non-hydrogen) atoms. The van der Waals surface area contributed by atoms with Gasteiger partial charge < -0.3 is 5.32 Å². The van der Waals surface area contributed by atoms with E-state index >= 15 is 0 Å². The van der Waals surface area contributed by atoms with Gasteiger partial charge in [0.05, 0.1) is 0 Å². The maximum absolute atomic E-state index is 12.1. The first-order chi connectivity index (χ1) is 9.56. The summed E-state index contributed by atoms with van der Waals surface area (Å²) < 4.78 is 0.992. The predicted octanol–water partition coefficient (Wildman–Crippen LogP) is 4.70. The monoisotopic (exact) mass is 337 g/mol. The zero-order chi connectivity index (χ0) is 14.5. The number of carbonyl (C=O) groups excluding carboxylic acids is 1. The summed E-state index contributed by atoms with van der Waals surface area (Å²) in [6, 6.07) is 5.76. The Morgan fingerprint density at radius 3 is 2.90 bits per heavy atom. The predicted molar refractivity (Wildman–Crippen MR) is 87.0 cm³/mol. The molecule has 3 heteroatoms. The summed E-state index contributed by atoms with van der Waals surface area (Å²) in [5.41, 5.74) is 1.89. The van der Waals surface area contributed by atoms with Crippen LogP contribution in [0.15, 0.2) is 22.7 Å². The van der Waals surface area contributed by atoms with Crippen molar-refractivity contribution in [2.45, 2.75) is 46.0 Å². The number of hydrogen-bond donors (Lipinski definition) is 1. The van der Waals surface area contributed by atoms with Crippen LogP contribution in [-0.4, -0.2) is 12.5 Å². The van der Waals surface area contributed by atoms with E-state index in [-0.39, 0.29) is 5.91 Å². The second-order valence-corrected chi connectivity index (χ2v) is 7.00. The van der Waals surface area contributed by atoms with Crippen LogP contribution in [0.3, 0.4) is 0 Å². The fourth-order valence-corrected chi connectivity index (χ4v) is 3.43. The molecule has 1 aliphatic rings. The number of halogens is 1. The zero-order valence-electron chi connectivity index (χ0n) is 12.4. The van der Waals surface area contributed by atoms with Crippen molar-refractivity contribution in [3.05, 3.63) is 33.8 Å². The van der Waals surface area contributed by atoms with Crippen molar-refractivity contribution >= 4 is 21.8 Å². The van der Waals surface area contributed by atoms with Crippen LogP contribution in [0, 0.1) is 18.8 Å². The highest BCUT2D eigenvalue weighted by Gasteiger charge is 2.18. The molecule has 0 bridgehead atoms. The first kappa shape index (κ1) is 15.6. The molecule has 0 radical (unpaired) electrons. The number of carbonyl (C=O) groups is 1. The van der Waals surface area contributed by atoms with Crippen molar-refractivity contribution in [3.63, 3.8) is 0 Å². The SMILES string of the molecule is Cc1ccc(C(=O)NCCC2CCCC(C)C2)cc1Br. The molecule has 1 fully saturated rings. The molecular formula is C17H24BrNO. The van der Waals surface area contributed by atoms with Crippen molar-refractivity contribution in [2.24, 2.45) is 11.8 Å². The normalized spacial score (nSPS) is 22.6. The Balaban J connectivity index is 1.78. The van der Waals surface area contributed by atoms with E-state index in [0.29, 0.717) is 0 Å². The van der Waals surface area contributed by atoms with Crippen molar-refractivity contribution < 1.29 is 4.79 Å². The maximum atomic E-state index is 12.1. The highest BCUT2D eigenvalue weighted by molar-refractivity contribution is 9.10. The van der Waals surface area contributed by atoms with Gasteiger partial charge >= 0.3 is 0 Å². The van der Waals surface area contributed by atoms with Crippen LogP contribution in [0.2, 0.25) is 0 Å². The lowest BCUT2D eigenvalue weighted by atomic mass is 9.81. The van der Waals surface area contributed by atoms with Gasteiger partial charge in [0.25, 0.3) is 5.91 Å². The number of rotatable bonds is 4. The van der Waals surface area contributed by atoms with Crippen molar-refractivity contribution in [3.8, 4) is 0 Å². The summed E-state index contributed by atoms with van der Waals surface area (Å²) in [5.74, 6) is 1.69. The summed E-state index contributed by atoms with van der Waals surface area (Å²) in [5, 5.41) is 3.05. The third kappa shape index (κ3) is 4.34. The van der Waals surface area contributed by atoms with Gasteiger partial charge in [-0.2, -0.15) is 0 Å². The van der Waals surface area contributed by atoms with Crippen LogP contribution in [0.5, 0.6) is 0 Å². The third-order valence-electron chi connectivity index (χ3n) is 4.32. The summed E-state index contributed by atoms with van der Waals surface area (Å²) in [6.45, 7) is 5.16. The van der Waals surface area contributed by atoms with E-state index in [1.807, 2.05) is 25.1 Å². The molecule has 0 saturated heterocycles. The van der Waals surface area contributed by atoms with Crippen LogP contribution < -0.4 is 5.32 Å². The average Bonchev–Trinajstić information content (AvgIpc) is 2.42. The third-order valence-corrected chi connectivity index (χ3v) is 5.17. The molecule has 2 unspecified atom stereocenters. The Hall–Kier alpha value is -0.830. The van der Waals surface area contributed by atoms with Gasteiger partial charge in [0.15, 0.2) is 0 Å². The lowest BCUT2D eigenvalue weighted by Gasteiger charge is -2.26. The first-order valence-corrected chi connectivity index (χ1v) is 8.40. The molecule has 1 saturated carbocycles. The smallest absolute Gasteiger partial charge is 0.251 e. The van der Waals surface area contributed by atoms with Gasteiger partial charge in [-0.25, -0.2) is 0 Å². The highest BCUT2D eigenvalue weighted by Crippen LogP contribution is 2.30. The number of aryl methyl sites for hydroxylation is 1. The van der Waals surface area contributed by atoms with E-state index in [9.17, 15) is 4.79 Å². The van der Waals surface area contributed by atoms with Crippen LogP contribution in [-0.2, 0) is 0 Å². The fourth-order valence-electron chi connectivity index (χ4n) is 3.05. The van der Waals surface area contributed by atoms with Gasteiger partial charge in [-0.15, -0.1) is 0 Å². The van der Waals surface area contributed by atoms with Crippen molar-refractivity contribution in [1.29, 1.82) is 0 Å². The van der Waals surface area contributed by atoms with Gasteiger partial charge in [0, 0.05) is 16.6 Å². The molecule has 0 spiro atoms. The van der Waals surface area contributed by atoms with Gasteiger partial charge in [-0.1, -0.05) is 48.2 Å². The highest BCUT2D eigenvalue weighted by atomic mass is 79.9. The summed E-state index contributed by atoms with van der Waals surface area (Å²) in [7, 11) is 0. The fraction of sp³-hybridized carbons (Fsp3) is 0.588. The summed E-state index contributed by atoms with van der Waals surface area (Å²) in [4.78, 5) is 12.1. The van der Waals surface area contributed by atoms with E-state index in [4.69, 9.17) is 0 Å². The molecule has 1 aliphatic carbocycles. The van der Waals surface area contributed by atoms with E-state index in [1.165, 1.54) is 25.7 Å². The van der Waals surface area contributed by atoms with Gasteiger partial charge in [0.2, 0.25) is 0 Å². The van der Waals surface area contributed by atoms with E-state index in [0.717, 1.165) is 40.4 Å². The molecule has 2 atom stereocenters. The molecular weight excluding hydrogens is 314 g/mol. The molecule has 1 aromatic carbocycles. The average molecular weight is 338 g/mol. The maximum Gasteiger partial charge on any atom is 0.251 e. The molecule has 2 nitrogen and oxygen atoms in total. The number of benzene rings is 1. The van der Waals surface area contributed by atoms with Crippen LogP contribution in [0.1, 0.15) is 54.9 Å². The minimum absolute atomic E-state index is 0.0366. The molecule has 1 amide bonds. The van der Waals surface area contributed by atoms with Gasteiger partial charge in [-0.3, -0.25) is 4.79 Å². The Kier molecular flexibility index (Phi) is 5.64. The van der Waals surface area contributed by atoms with Crippen molar-refractivity contribution in [2.75, 3.05) is 6.54 Å². The molecule has 0 aliphatic heterocycles. The number of nitrogens with one attached hydrogen (secondary N) is 1. The van der Waals surface area contributed by atoms with Crippen LogP contribution in [0.25, 0.3) is 0 Å². The zero-order valence-corrected chi connectivity index (χ0v) is 14.0. The molecule has 2 rings (SSSR count). The minimum atomic E-state index is 0.0366. The van der Waals surface area contributed by atoms with Crippen LogP contribution >= 0.6 is 15.9 Å².